The minimum Gasteiger partial charge on any atom is -0.290 e. The maximum Gasteiger partial charge on any atom is 0.262 e. The first-order valence-electron chi connectivity index (χ1n) is 9.28. The summed E-state index contributed by atoms with van der Waals surface area (Å²) >= 11 is 7.27. The first kappa shape index (κ1) is 20.3. The number of carbonyl (C=O) groups is 1. The Morgan fingerprint density at radius 3 is 2.50 bits per heavy atom. The van der Waals surface area contributed by atoms with Crippen LogP contribution in [0.15, 0.2) is 70.7 Å². The molecule has 5 nitrogen and oxygen atoms in total. The van der Waals surface area contributed by atoms with Crippen LogP contribution in [0.5, 0.6) is 0 Å². The number of fused-ring (bicyclic) bond motifs is 1. The van der Waals surface area contributed by atoms with Crippen LogP contribution >= 0.6 is 23.4 Å². The summed E-state index contributed by atoms with van der Waals surface area (Å²) in [5.41, 5.74) is 3.70. The third kappa shape index (κ3) is 4.01. The van der Waals surface area contributed by atoms with Gasteiger partial charge in [-0.1, -0.05) is 59.8 Å². The second kappa shape index (κ2) is 8.42. The zero-order valence-electron chi connectivity index (χ0n) is 16.4. The van der Waals surface area contributed by atoms with Crippen molar-refractivity contribution in [3.8, 4) is 0 Å². The van der Waals surface area contributed by atoms with Gasteiger partial charge in [-0.3, -0.25) is 14.2 Å². The molecule has 0 aliphatic heterocycles. The van der Waals surface area contributed by atoms with Gasteiger partial charge in [0.15, 0.2) is 10.9 Å². The quantitative estimate of drug-likeness (QED) is 0.195. The van der Waals surface area contributed by atoms with E-state index in [4.69, 9.17) is 11.6 Å². The second-order valence-electron chi connectivity index (χ2n) is 6.91. The second-order valence-corrected chi connectivity index (χ2v) is 8.24. The van der Waals surface area contributed by atoms with E-state index >= 15 is 0 Å². The first-order valence-corrected chi connectivity index (χ1v) is 10.6. The van der Waals surface area contributed by atoms with Crippen LogP contribution in [0.4, 0.5) is 0 Å². The number of pyridine rings is 1. The van der Waals surface area contributed by atoms with E-state index < -0.39 is 0 Å². The number of halogens is 1. The summed E-state index contributed by atoms with van der Waals surface area (Å²) in [7, 11) is 1.74. The first-order chi connectivity index (χ1) is 14.4. The monoisotopic (exact) mass is 435 g/mol. The summed E-state index contributed by atoms with van der Waals surface area (Å²) in [4.78, 5) is 33.9. The van der Waals surface area contributed by atoms with Gasteiger partial charge >= 0.3 is 0 Å². The third-order valence-electron chi connectivity index (χ3n) is 4.85. The number of rotatable bonds is 5. The summed E-state index contributed by atoms with van der Waals surface area (Å²) in [5, 5.41) is 1.67. The molecule has 0 N–H and O–H groups in total. The minimum absolute atomic E-state index is 0.0434. The normalized spacial score (nSPS) is 11.0. The smallest absolute Gasteiger partial charge is 0.262 e. The highest BCUT2D eigenvalue weighted by molar-refractivity contribution is 7.98. The highest BCUT2D eigenvalue weighted by atomic mass is 35.5. The fourth-order valence-corrected chi connectivity index (χ4v) is 4.20. The van der Waals surface area contributed by atoms with Crippen LogP contribution < -0.4 is 5.56 Å². The van der Waals surface area contributed by atoms with Crippen molar-refractivity contribution in [3.63, 3.8) is 0 Å². The molecule has 2 aromatic heterocycles. The number of aromatic nitrogens is 3. The molecule has 0 radical (unpaired) electrons. The van der Waals surface area contributed by atoms with Crippen LogP contribution in [0.25, 0.3) is 10.9 Å². The minimum atomic E-state index is -0.104. The zero-order valence-corrected chi connectivity index (χ0v) is 18.0. The molecule has 0 aliphatic carbocycles. The van der Waals surface area contributed by atoms with Crippen LogP contribution in [0, 0.1) is 6.92 Å². The molecule has 0 bridgehead atoms. The Morgan fingerprint density at radius 2 is 1.80 bits per heavy atom. The highest BCUT2D eigenvalue weighted by Crippen LogP contribution is 2.23. The number of carbonyl (C=O) groups excluding carboxylic acids is 1. The molecule has 4 rings (SSSR count). The Balaban J connectivity index is 1.52. The van der Waals surface area contributed by atoms with Gasteiger partial charge < -0.3 is 0 Å². The van der Waals surface area contributed by atoms with E-state index in [1.54, 1.807) is 35.9 Å². The molecule has 7 heteroatoms. The van der Waals surface area contributed by atoms with Crippen molar-refractivity contribution in [3.05, 3.63) is 98.6 Å². The van der Waals surface area contributed by atoms with E-state index in [9.17, 15) is 9.59 Å². The number of hydrogen-bond donors (Lipinski definition) is 0. The largest absolute Gasteiger partial charge is 0.290 e. The van der Waals surface area contributed by atoms with Gasteiger partial charge in [0.1, 0.15) is 5.15 Å². The van der Waals surface area contributed by atoms with Gasteiger partial charge in [0.25, 0.3) is 5.56 Å². The summed E-state index contributed by atoms with van der Waals surface area (Å²) in [6.45, 7) is 1.92. The molecule has 0 fully saturated rings. The van der Waals surface area contributed by atoms with Gasteiger partial charge in [-0.2, -0.15) is 0 Å². The van der Waals surface area contributed by atoms with E-state index in [0.29, 0.717) is 38.1 Å². The van der Waals surface area contributed by atoms with Crippen molar-refractivity contribution in [2.75, 3.05) is 0 Å². The lowest BCUT2D eigenvalue weighted by Gasteiger charge is -2.10. The predicted molar refractivity (Wildman–Crippen MR) is 120 cm³/mol. The molecule has 0 amide bonds. The molecule has 0 saturated heterocycles. The summed E-state index contributed by atoms with van der Waals surface area (Å²) in [5.74, 6) is 0.529. The molecule has 2 heterocycles. The fraction of sp³-hybridized carbons (Fsp3) is 0.130. The van der Waals surface area contributed by atoms with Crippen LogP contribution in [0.2, 0.25) is 5.15 Å². The Bertz CT molecular complexity index is 1300. The Kier molecular flexibility index (Phi) is 5.70. The van der Waals surface area contributed by atoms with Crippen molar-refractivity contribution in [2.45, 2.75) is 17.8 Å². The lowest BCUT2D eigenvalue weighted by atomic mass is 10.0. The van der Waals surface area contributed by atoms with Crippen LogP contribution in [0.3, 0.4) is 0 Å². The summed E-state index contributed by atoms with van der Waals surface area (Å²) < 4.78 is 1.59. The Hall–Kier alpha value is -2.96. The molecule has 0 saturated carbocycles. The maximum atomic E-state index is 12.7. The number of ketones is 1. The molecular weight excluding hydrogens is 418 g/mol. The predicted octanol–water partition coefficient (Wildman–Crippen LogP) is 4.81. The topological polar surface area (TPSA) is 64.8 Å². The average molecular weight is 436 g/mol. The highest BCUT2D eigenvalue weighted by Gasteiger charge is 2.12. The van der Waals surface area contributed by atoms with Crippen molar-refractivity contribution in [1.82, 2.24) is 14.5 Å². The van der Waals surface area contributed by atoms with Crippen LogP contribution in [0.1, 0.15) is 27.0 Å². The van der Waals surface area contributed by atoms with Gasteiger partial charge in [0, 0.05) is 30.1 Å². The fourth-order valence-electron chi connectivity index (χ4n) is 3.16. The molecule has 4 aromatic rings. The number of aryl methyl sites for hydroxylation is 1. The molecule has 0 spiro atoms. The third-order valence-corrected chi connectivity index (χ3v) is 6.17. The van der Waals surface area contributed by atoms with Gasteiger partial charge in [-0.25, -0.2) is 9.97 Å². The van der Waals surface area contributed by atoms with Crippen molar-refractivity contribution >= 4 is 40.0 Å². The molecule has 0 atom stereocenters. The molecule has 30 heavy (non-hydrogen) atoms. The standard InChI is InChI=1S/C23H18ClN3O2S/c1-14-4-3-5-18-20(14)22(29)27(2)23(26-18)30-13-15-6-8-16(9-7-15)21(28)17-10-11-19(24)25-12-17/h3-12H,13H2,1-2H3. The molecule has 0 unspecified atom stereocenters. The van der Waals surface area contributed by atoms with Crippen LogP contribution in [-0.2, 0) is 12.8 Å². The lowest BCUT2D eigenvalue weighted by molar-refractivity contribution is 0.103. The SMILES string of the molecule is Cc1cccc2nc(SCc3ccc(C(=O)c4ccc(Cl)nc4)cc3)n(C)c(=O)c12. The summed E-state index contributed by atoms with van der Waals surface area (Å²) in [6.07, 6.45) is 1.47. The number of thioether (sulfide) groups is 1. The van der Waals surface area contributed by atoms with Crippen molar-refractivity contribution in [2.24, 2.45) is 7.05 Å². The summed E-state index contributed by atoms with van der Waals surface area (Å²) in [6, 6.07) is 16.4. The van der Waals surface area contributed by atoms with Gasteiger partial charge in [-0.15, -0.1) is 0 Å². The Labute approximate surface area is 182 Å². The molecule has 150 valence electrons. The molecule has 0 aliphatic rings. The van der Waals surface area contributed by atoms with Crippen molar-refractivity contribution in [1.29, 1.82) is 0 Å². The van der Waals surface area contributed by atoms with Gasteiger partial charge in [0.2, 0.25) is 0 Å². The molecule has 2 aromatic carbocycles. The van der Waals surface area contributed by atoms with E-state index in [2.05, 4.69) is 9.97 Å². The van der Waals surface area contributed by atoms with Gasteiger partial charge in [0.05, 0.1) is 10.9 Å². The van der Waals surface area contributed by atoms with Crippen LogP contribution in [-0.4, -0.2) is 20.3 Å². The number of hydrogen-bond acceptors (Lipinski definition) is 5. The van der Waals surface area contributed by atoms with E-state index in [1.165, 1.54) is 18.0 Å². The van der Waals surface area contributed by atoms with Crippen molar-refractivity contribution < 1.29 is 4.79 Å². The number of benzene rings is 2. The Morgan fingerprint density at radius 1 is 1.07 bits per heavy atom. The number of nitrogens with zero attached hydrogens (tertiary/aromatic N) is 3. The van der Waals surface area contributed by atoms with E-state index in [1.807, 2.05) is 37.3 Å². The zero-order chi connectivity index (χ0) is 21.3. The maximum absolute atomic E-state index is 12.7. The molecular formula is C23H18ClN3O2S. The lowest BCUT2D eigenvalue weighted by Crippen LogP contribution is -2.20. The van der Waals surface area contributed by atoms with Gasteiger partial charge in [-0.05, 0) is 36.2 Å². The van der Waals surface area contributed by atoms with E-state index in [0.717, 1.165) is 11.1 Å². The van der Waals surface area contributed by atoms with E-state index in [-0.39, 0.29) is 11.3 Å². The average Bonchev–Trinajstić information content (AvgIpc) is 2.75.